The van der Waals surface area contributed by atoms with Crippen molar-refractivity contribution in [1.82, 2.24) is 0 Å². The summed E-state index contributed by atoms with van der Waals surface area (Å²) < 4.78 is 30.6. The highest BCUT2D eigenvalue weighted by molar-refractivity contribution is 6.32. The Kier molecular flexibility index (Phi) is 10.1. The van der Waals surface area contributed by atoms with Gasteiger partial charge in [-0.15, -0.1) is 0 Å². The zero-order valence-electron chi connectivity index (χ0n) is 26.2. The van der Waals surface area contributed by atoms with Crippen molar-refractivity contribution in [3.8, 4) is 5.75 Å². The average molecular weight is 627 g/mol. The molecule has 3 N–H and O–H groups in total. The van der Waals surface area contributed by atoms with Crippen LogP contribution in [0.2, 0.25) is 5.02 Å². The zero-order valence-corrected chi connectivity index (χ0v) is 26.9. The van der Waals surface area contributed by atoms with Crippen LogP contribution in [0, 0.1) is 23.2 Å². The second-order valence-corrected chi connectivity index (χ2v) is 13.9. The fraction of sp³-hybridized carbons (Fsp3) is 0.750. The molecule has 10 atom stereocenters. The highest BCUT2D eigenvalue weighted by atomic mass is 35.5. The number of aromatic hydroxyl groups is 1. The first-order valence-corrected chi connectivity index (χ1v) is 15.6. The second-order valence-electron chi connectivity index (χ2n) is 13.5. The topological polar surface area (TPSA) is 141 Å². The fourth-order valence-corrected chi connectivity index (χ4v) is 7.09. The molecule has 3 fully saturated rings. The number of benzene rings is 1. The Morgan fingerprint density at radius 3 is 2.42 bits per heavy atom. The fourth-order valence-electron chi connectivity index (χ4n) is 6.98. The first-order valence-electron chi connectivity index (χ1n) is 15.2. The summed E-state index contributed by atoms with van der Waals surface area (Å²) in [5, 5.41) is 32.4. The molecule has 43 heavy (non-hydrogen) atoms. The summed E-state index contributed by atoms with van der Waals surface area (Å²) in [6.07, 6.45) is -2.49. The van der Waals surface area contributed by atoms with Crippen LogP contribution in [0.25, 0.3) is 0 Å². The van der Waals surface area contributed by atoms with Crippen molar-refractivity contribution >= 4 is 23.5 Å². The Morgan fingerprint density at radius 1 is 1.09 bits per heavy atom. The number of fused-ring (bicyclic) bond motifs is 2. The molecule has 4 rings (SSSR count). The van der Waals surface area contributed by atoms with E-state index in [1.165, 1.54) is 6.92 Å². The molecule has 3 bridgehead atoms. The third-order valence-corrected chi connectivity index (χ3v) is 10.1. The van der Waals surface area contributed by atoms with Gasteiger partial charge in [0.1, 0.15) is 18.0 Å². The second kappa shape index (κ2) is 12.8. The largest absolute Gasteiger partial charge is 0.506 e. The van der Waals surface area contributed by atoms with Crippen LogP contribution >= 0.6 is 11.6 Å². The highest BCUT2D eigenvalue weighted by Crippen LogP contribution is 2.57. The van der Waals surface area contributed by atoms with Gasteiger partial charge in [0, 0.05) is 30.8 Å². The van der Waals surface area contributed by atoms with Crippen LogP contribution in [-0.2, 0) is 33.3 Å². The Balaban J connectivity index is 1.66. The molecule has 0 amide bonds. The number of rotatable bonds is 7. The number of halogens is 1. The van der Waals surface area contributed by atoms with E-state index in [9.17, 15) is 24.9 Å². The van der Waals surface area contributed by atoms with Gasteiger partial charge in [-0.3, -0.25) is 9.59 Å². The van der Waals surface area contributed by atoms with Crippen molar-refractivity contribution in [1.29, 1.82) is 0 Å². The summed E-state index contributed by atoms with van der Waals surface area (Å²) in [6.45, 7) is 11.3. The number of aliphatic hydroxyl groups excluding tert-OH is 1. The molecule has 10 nitrogen and oxygen atoms in total. The molecule has 3 saturated heterocycles. The van der Waals surface area contributed by atoms with Gasteiger partial charge in [-0.25, -0.2) is 0 Å². The number of carbonyl (C=O) groups is 2. The smallest absolute Gasteiger partial charge is 0.311 e. The quantitative estimate of drug-likeness (QED) is 0.353. The Labute approximate surface area is 258 Å². The maximum absolute atomic E-state index is 13.2. The zero-order chi connectivity index (χ0) is 31.9. The van der Waals surface area contributed by atoms with Crippen molar-refractivity contribution in [3.63, 3.8) is 0 Å². The van der Waals surface area contributed by atoms with Crippen molar-refractivity contribution in [2.45, 2.75) is 122 Å². The number of esters is 2. The Bertz CT molecular complexity index is 1170. The van der Waals surface area contributed by atoms with Crippen LogP contribution in [-0.4, -0.2) is 70.4 Å². The van der Waals surface area contributed by atoms with Crippen molar-refractivity contribution in [3.05, 3.63) is 28.8 Å². The summed E-state index contributed by atoms with van der Waals surface area (Å²) in [7, 11) is 1.61. The van der Waals surface area contributed by atoms with Crippen molar-refractivity contribution < 1.29 is 48.6 Å². The predicted octanol–water partition coefficient (Wildman–Crippen LogP) is 5.04. The van der Waals surface area contributed by atoms with Crippen LogP contribution in [0.4, 0.5) is 0 Å². The number of methoxy groups -OCH3 is 1. The lowest BCUT2D eigenvalue weighted by atomic mass is 9.66. The number of ether oxygens (including phenoxy) is 5. The molecule has 0 saturated carbocycles. The van der Waals surface area contributed by atoms with E-state index in [0.717, 1.165) is 5.56 Å². The lowest BCUT2D eigenvalue weighted by molar-refractivity contribution is -0.452. The monoisotopic (exact) mass is 626 g/mol. The van der Waals surface area contributed by atoms with Crippen LogP contribution in [0.1, 0.15) is 91.7 Å². The lowest BCUT2D eigenvalue weighted by Gasteiger charge is -2.61. The molecule has 1 spiro atoms. The Morgan fingerprint density at radius 2 is 1.79 bits per heavy atom. The lowest BCUT2D eigenvalue weighted by Crippen LogP contribution is -2.68. The number of hydrogen-bond acceptors (Lipinski definition) is 10. The van der Waals surface area contributed by atoms with E-state index < -0.39 is 65.7 Å². The van der Waals surface area contributed by atoms with E-state index >= 15 is 0 Å². The molecule has 0 aromatic heterocycles. The third kappa shape index (κ3) is 6.99. The molecule has 11 heteroatoms. The average Bonchev–Trinajstić information content (AvgIpc) is 2.90. The standard InChI is InChI=1S/C32H47ClO10/c1-17(8-11-24(39-7)21-9-10-22(33)23(35)12-21)29-19(3)26-15-32(42-29)30(5,6)14-18(2)31(38,43-32)16-28(37)40-25(20(4)34)13-27(36)41-26/h9-10,12,17-20,24-26,29,34-35,38H,8,11,13-16H2,1-7H3/t17-,18+,19-,20-,24+,25+,26-,29+,31-,32-/m0/s1. The summed E-state index contributed by atoms with van der Waals surface area (Å²) in [5.74, 6) is -5.40. The molecule has 3 heterocycles. The van der Waals surface area contributed by atoms with Crippen LogP contribution in [0.5, 0.6) is 5.75 Å². The normalized spacial score (nSPS) is 36.7. The van der Waals surface area contributed by atoms with E-state index in [2.05, 4.69) is 6.92 Å². The van der Waals surface area contributed by atoms with Crippen LogP contribution in [0.15, 0.2) is 18.2 Å². The molecule has 0 radical (unpaired) electrons. The minimum atomic E-state index is -1.89. The molecule has 3 aliphatic heterocycles. The van der Waals surface area contributed by atoms with E-state index in [0.29, 0.717) is 19.3 Å². The van der Waals surface area contributed by atoms with Gasteiger partial charge < -0.3 is 39.0 Å². The first-order chi connectivity index (χ1) is 20.0. The van der Waals surface area contributed by atoms with Crippen molar-refractivity contribution in [2.24, 2.45) is 23.2 Å². The number of hydrogen-bond donors (Lipinski definition) is 3. The minimum Gasteiger partial charge on any atom is -0.506 e. The highest BCUT2D eigenvalue weighted by Gasteiger charge is 2.64. The van der Waals surface area contributed by atoms with Gasteiger partial charge in [0.15, 0.2) is 11.6 Å². The summed E-state index contributed by atoms with van der Waals surface area (Å²) in [6, 6.07) is 5.05. The number of aliphatic hydroxyl groups is 2. The number of cyclic esters (lactones) is 1. The van der Waals surface area contributed by atoms with Gasteiger partial charge in [-0.2, -0.15) is 0 Å². The molecular weight excluding hydrogens is 580 g/mol. The van der Waals surface area contributed by atoms with Gasteiger partial charge in [0.25, 0.3) is 0 Å². The van der Waals surface area contributed by atoms with Crippen LogP contribution < -0.4 is 0 Å². The number of phenols is 1. The number of carbonyl (C=O) groups excluding carboxylic acids is 2. The van der Waals surface area contributed by atoms with Crippen LogP contribution in [0.3, 0.4) is 0 Å². The van der Waals surface area contributed by atoms with Gasteiger partial charge in [-0.05, 0) is 49.8 Å². The molecular formula is C32H47ClO10. The molecule has 1 aromatic rings. The van der Waals surface area contributed by atoms with E-state index in [1.54, 1.807) is 19.2 Å². The Hall–Kier alpha value is -1.95. The molecule has 3 aliphatic rings. The summed E-state index contributed by atoms with van der Waals surface area (Å²) >= 11 is 6.00. The SMILES string of the molecule is CO[C@H](CC[C@H](C)[C@H]1O[C@@]23C[C@H](OC(=O)C[C@H]([C@H](C)O)OC(=O)C[C@](O)(O2)[C@H](C)CC3(C)C)[C@@H]1C)c1ccc(Cl)c(O)c1. The molecule has 0 aliphatic carbocycles. The maximum Gasteiger partial charge on any atom is 0.311 e. The minimum absolute atomic E-state index is 0.0154. The van der Waals surface area contributed by atoms with Gasteiger partial charge in [0.2, 0.25) is 0 Å². The summed E-state index contributed by atoms with van der Waals surface area (Å²) in [5.41, 5.74) is 0.176. The first kappa shape index (κ1) is 33.9. The van der Waals surface area contributed by atoms with Gasteiger partial charge in [0.05, 0.1) is 36.2 Å². The van der Waals surface area contributed by atoms with E-state index in [4.69, 9.17) is 35.3 Å². The van der Waals surface area contributed by atoms with Gasteiger partial charge >= 0.3 is 11.9 Å². The molecule has 1 aromatic carbocycles. The third-order valence-electron chi connectivity index (χ3n) is 9.80. The van der Waals surface area contributed by atoms with E-state index in [1.807, 2.05) is 33.8 Å². The van der Waals surface area contributed by atoms with Crippen molar-refractivity contribution in [2.75, 3.05) is 7.11 Å². The van der Waals surface area contributed by atoms with E-state index in [-0.39, 0.29) is 41.6 Å². The molecule has 242 valence electrons. The number of phenolic OH excluding ortho intramolecular Hbond substituents is 1. The van der Waals surface area contributed by atoms with Gasteiger partial charge in [-0.1, -0.05) is 52.3 Å². The maximum atomic E-state index is 13.2. The predicted molar refractivity (Wildman–Crippen MR) is 157 cm³/mol. The summed E-state index contributed by atoms with van der Waals surface area (Å²) in [4.78, 5) is 26.1. The molecule has 0 unspecified atom stereocenters.